The predicted octanol–water partition coefficient (Wildman–Crippen LogP) is 1.52. The van der Waals surface area contributed by atoms with Crippen LogP contribution in [0.5, 0.6) is 0 Å². The molecule has 0 spiro atoms. The zero-order valence-corrected chi connectivity index (χ0v) is 15.6. The first kappa shape index (κ1) is 18.9. The van der Waals surface area contributed by atoms with E-state index in [2.05, 4.69) is 6.58 Å². The first-order valence-electron chi connectivity index (χ1n) is 8.94. The molecule has 7 atom stereocenters. The quantitative estimate of drug-likeness (QED) is 0.449. The van der Waals surface area contributed by atoms with Gasteiger partial charge >= 0.3 is 17.9 Å². The van der Waals surface area contributed by atoms with Gasteiger partial charge in [0.25, 0.3) is 0 Å². The molecule has 2 saturated carbocycles. The van der Waals surface area contributed by atoms with Crippen LogP contribution in [0.25, 0.3) is 0 Å². The Morgan fingerprint density at radius 3 is 2.42 bits per heavy atom. The van der Waals surface area contributed by atoms with Crippen molar-refractivity contribution in [1.29, 1.82) is 0 Å². The number of esters is 3. The summed E-state index contributed by atoms with van der Waals surface area (Å²) in [5.41, 5.74) is -1.60. The summed E-state index contributed by atoms with van der Waals surface area (Å²) in [5.74, 6) is -2.45. The van der Waals surface area contributed by atoms with E-state index >= 15 is 0 Å². The van der Waals surface area contributed by atoms with E-state index < -0.39 is 59.1 Å². The second-order valence-corrected chi connectivity index (χ2v) is 8.25. The fraction of sp³-hybridized carbons (Fsp3) is 0.737. The molecule has 0 aromatic heterocycles. The second kappa shape index (κ2) is 6.08. The lowest BCUT2D eigenvalue weighted by molar-refractivity contribution is -0.241. The molecule has 1 aliphatic heterocycles. The van der Waals surface area contributed by atoms with Gasteiger partial charge in [0, 0.05) is 30.8 Å². The molecule has 0 bridgehead atoms. The number of carbonyl (C=O) groups is 3. The number of rotatable bonds is 2. The summed E-state index contributed by atoms with van der Waals surface area (Å²) in [6.45, 7) is 10.1. The highest BCUT2D eigenvalue weighted by molar-refractivity contribution is 5.91. The average Bonchev–Trinajstić information content (AvgIpc) is 2.75. The fourth-order valence-electron chi connectivity index (χ4n) is 5.40. The minimum absolute atomic E-state index is 0.258. The van der Waals surface area contributed by atoms with Gasteiger partial charge in [-0.1, -0.05) is 13.5 Å². The van der Waals surface area contributed by atoms with Gasteiger partial charge in [-0.25, -0.2) is 4.79 Å². The smallest absolute Gasteiger partial charge is 0.334 e. The molecule has 0 radical (unpaired) electrons. The molecule has 144 valence electrons. The molecule has 1 saturated heterocycles. The summed E-state index contributed by atoms with van der Waals surface area (Å²) in [7, 11) is 0. The van der Waals surface area contributed by atoms with Crippen LogP contribution >= 0.6 is 0 Å². The summed E-state index contributed by atoms with van der Waals surface area (Å²) in [6.07, 6.45) is -0.480. The van der Waals surface area contributed by atoms with Gasteiger partial charge in [-0.05, 0) is 26.2 Å². The third-order valence-electron chi connectivity index (χ3n) is 6.29. The number of fused-ring (bicyclic) bond motifs is 2. The van der Waals surface area contributed by atoms with Crippen LogP contribution in [0.3, 0.4) is 0 Å². The van der Waals surface area contributed by atoms with Gasteiger partial charge in [0.1, 0.15) is 18.3 Å². The Hall–Kier alpha value is -1.89. The van der Waals surface area contributed by atoms with Gasteiger partial charge in [0.15, 0.2) is 0 Å². The Morgan fingerprint density at radius 1 is 1.23 bits per heavy atom. The van der Waals surface area contributed by atoms with Gasteiger partial charge in [0.2, 0.25) is 0 Å². The van der Waals surface area contributed by atoms with Crippen molar-refractivity contribution >= 4 is 17.9 Å². The van der Waals surface area contributed by atoms with E-state index in [4.69, 9.17) is 14.2 Å². The summed E-state index contributed by atoms with van der Waals surface area (Å²) in [6, 6.07) is 0. The SMILES string of the molecule is C=C1C(=O)O[C@H]2C[C@]3(C)[C@@H]([C@@H](OC(C)=O)[C@H]12)[C@](C)(O)CC[C@H]3OC(C)=O. The van der Waals surface area contributed by atoms with Crippen molar-refractivity contribution in [2.45, 2.75) is 70.9 Å². The molecule has 3 aliphatic rings. The summed E-state index contributed by atoms with van der Waals surface area (Å²) < 4.78 is 16.6. The van der Waals surface area contributed by atoms with Crippen molar-refractivity contribution in [3.05, 3.63) is 12.2 Å². The first-order chi connectivity index (χ1) is 12.0. The normalized spacial score (nSPS) is 44.6. The molecule has 3 rings (SSSR count). The highest BCUT2D eigenvalue weighted by Crippen LogP contribution is 2.59. The van der Waals surface area contributed by atoms with Crippen LogP contribution in [0.15, 0.2) is 12.2 Å². The van der Waals surface area contributed by atoms with Crippen LogP contribution in [0.4, 0.5) is 0 Å². The predicted molar refractivity (Wildman–Crippen MR) is 89.7 cm³/mol. The van der Waals surface area contributed by atoms with Crippen molar-refractivity contribution in [1.82, 2.24) is 0 Å². The third-order valence-corrected chi connectivity index (χ3v) is 6.29. The lowest BCUT2D eigenvalue weighted by Gasteiger charge is -2.59. The molecule has 0 aromatic rings. The van der Waals surface area contributed by atoms with E-state index in [9.17, 15) is 19.5 Å². The van der Waals surface area contributed by atoms with Crippen LogP contribution in [0.2, 0.25) is 0 Å². The average molecular weight is 366 g/mol. The molecule has 0 amide bonds. The summed E-state index contributed by atoms with van der Waals surface area (Å²) >= 11 is 0. The number of hydrogen-bond acceptors (Lipinski definition) is 7. The molecule has 7 heteroatoms. The van der Waals surface area contributed by atoms with E-state index in [1.54, 1.807) is 6.92 Å². The van der Waals surface area contributed by atoms with Crippen LogP contribution in [0, 0.1) is 17.3 Å². The van der Waals surface area contributed by atoms with E-state index in [0.717, 1.165) is 0 Å². The molecule has 2 aliphatic carbocycles. The Balaban J connectivity index is 2.09. The van der Waals surface area contributed by atoms with Gasteiger partial charge in [0.05, 0.1) is 11.5 Å². The van der Waals surface area contributed by atoms with E-state index in [1.165, 1.54) is 13.8 Å². The first-order valence-corrected chi connectivity index (χ1v) is 8.94. The number of ether oxygens (including phenoxy) is 3. The Labute approximate surface area is 152 Å². The van der Waals surface area contributed by atoms with E-state index in [0.29, 0.717) is 19.3 Å². The number of hydrogen-bond donors (Lipinski definition) is 1. The zero-order chi connectivity index (χ0) is 19.4. The Morgan fingerprint density at radius 2 is 1.85 bits per heavy atom. The molecule has 3 fully saturated rings. The molecular weight excluding hydrogens is 340 g/mol. The molecule has 1 heterocycles. The van der Waals surface area contributed by atoms with Crippen molar-refractivity contribution in [2.24, 2.45) is 17.3 Å². The topological polar surface area (TPSA) is 99.1 Å². The molecule has 1 N–H and O–H groups in total. The standard InChI is InChI=1S/C19H26O7/c1-9-14-12(26-17(9)22)8-18(4)13(24-10(2)20)6-7-19(5,23)16(18)15(14)25-11(3)21/h12-16,23H,1,6-8H2,2-5H3/t12-,13+,14+,15-,16+,18-,19+/m0/s1. The van der Waals surface area contributed by atoms with Gasteiger partial charge in [-0.3, -0.25) is 9.59 Å². The van der Waals surface area contributed by atoms with E-state index in [-0.39, 0.29) is 5.57 Å². The number of aliphatic hydroxyl groups is 1. The molecular formula is C19H26O7. The molecule has 7 nitrogen and oxygen atoms in total. The lowest BCUT2D eigenvalue weighted by atomic mass is 9.50. The minimum atomic E-state index is -1.15. The van der Waals surface area contributed by atoms with Gasteiger partial charge < -0.3 is 19.3 Å². The molecule has 26 heavy (non-hydrogen) atoms. The zero-order valence-electron chi connectivity index (χ0n) is 15.6. The summed E-state index contributed by atoms with van der Waals surface area (Å²) in [5, 5.41) is 11.2. The van der Waals surface area contributed by atoms with Gasteiger partial charge in [-0.2, -0.15) is 0 Å². The Bertz CT molecular complexity index is 667. The minimum Gasteiger partial charge on any atom is -0.462 e. The highest BCUT2D eigenvalue weighted by atomic mass is 16.6. The van der Waals surface area contributed by atoms with Crippen LogP contribution in [0.1, 0.15) is 47.0 Å². The van der Waals surface area contributed by atoms with Crippen molar-refractivity contribution in [3.63, 3.8) is 0 Å². The van der Waals surface area contributed by atoms with Crippen molar-refractivity contribution in [2.75, 3.05) is 0 Å². The second-order valence-electron chi connectivity index (χ2n) is 8.25. The number of carbonyl (C=O) groups excluding carboxylic acids is 3. The van der Waals surface area contributed by atoms with Crippen LogP contribution < -0.4 is 0 Å². The van der Waals surface area contributed by atoms with Crippen LogP contribution in [-0.2, 0) is 28.6 Å². The monoisotopic (exact) mass is 366 g/mol. The van der Waals surface area contributed by atoms with E-state index in [1.807, 2.05) is 6.92 Å². The lowest BCUT2D eigenvalue weighted by Crippen LogP contribution is -2.66. The van der Waals surface area contributed by atoms with Crippen molar-refractivity contribution in [3.8, 4) is 0 Å². The third kappa shape index (κ3) is 2.82. The van der Waals surface area contributed by atoms with Gasteiger partial charge in [-0.15, -0.1) is 0 Å². The molecule has 0 aromatic carbocycles. The fourth-order valence-corrected chi connectivity index (χ4v) is 5.40. The largest absolute Gasteiger partial charge is 0.462 e. The Kier molecular flexibility index (Phi) is 4.42. The summed E-state index contributed by atoms with van der Waals surface area (Å²) in [4.78, 5) is 35.5. The maximum atomic E-state index is 12.1. The van der Waals surface area contributed by atoms with Crippen molar-refractivity contribution < 1.29 is 33.7 Å². The maximum Gasteiger partial charge on any atom is 0.334 e. The van der Waals surface area contributed by atoms with Crippen LogP contribution in [-0.4, -0.2) is 46.9 Å². The maximum absolute atomic E-state index is 12.1. The molecule has 0 unspecified atom stereocenters. The highest BCUT2D eigenvalue weighted by Gasteiger charge is 2.67.